The fourth-order valence-corrected chi connectivity index (χ4v) is 8.37. The second-order valence-corrected chi connectivity index (χ2v) is 14.6. The molecule has 10 bridgehead atoms. The largest absolute Gasteiger partial charge is 0.496 e. The zero-order valence-corrected chi connectivity index (χ0v) is 35.2. The molecule has 10 nitrogen and oxygen atoms in total. The van der Waals surface area contributed by atoms with E-state index in [1.165, 1.54) is 0 Å². The third kappa shape index (κ3) is 7.66. The van der Waals surface area contributed by atoms with E-state index in [0.29, 0.717) is 76.4 Å². The average molecular weight is 879 g/mol. The summed E-state index contributed by atoms with van der Waals surface area (Å²) in [6.45, 7) is 0. The summed E-state index contributed by atoms with van der Waals surface area (Å²) >= 11 is 6.99. The number of halogens is 2. The van der Waals surface area contributed by atoms with Crippen LogP contribution in [0.25, 0.3) is 0 Å². The van der Waals surface area contributed by atoms with E-state index in [1.807, 2.05) is 48.5 Å². The lowest BCUT2D eigenvalue weighted by atomic mass is 9.88. The van der Waals surface area contributed by atoms with Crippen LogP contribution in [0.2, 0.25) is 0 Å². The van der Waals surface area contributed by atoms with Crippen molar-refractivity contribution in [2.24, 2.45) is 0 Å². The van der Waals surface area contributed by atoms with E-state index in [-0.39, 0.29) is 44.5 Å². The molecule has 11 aliphatic carbocycles. The summed E-state index contributed by atoms with van der Waals surface area (Å²) < 4.78 is 47.6. The van der Waals surface area contributed by atoms with Crippen molar-refractivity contribution in [3.05, 3.63) is 113 Å². The topological polar surface area (TPSA) is 108 Å². The maximum absolute atomic E-state index is 14.0. The lowest BCUT2D eigenvalue weighted by Gasteiger charge is -2.22. The van der Waals surface area contributed by atoms with Crippen molar-refractivity contribution in [3.63, 3.8) is 0 Å². The molecule has 288 valence electrons. The fourth-order valence-electron chi connectivity index (χ4n) is 7.25. The molecule has 15 rings (SSSR count). The first-order chi connectivity index (χ1) is 26.5. The molecule has 0 aromatic heterocycles. The van der Waals surface area contributed by atoms with Crippen LogP contribution in [0, 0.1) is 0 Å². The monoisotopic (exact) mass is 876 g/mol. The van der Waals surface area contributed by atoms with Crippen LogP contribution in [0.1, 0.15) is 44.5 Å². The smallest absolute Gasteiger partial charge is 0.197 e. The maximum atomic E-state index is 14.0. The average Bonchev–Trinajstić information content (AvgIpc) is 3.20. The van der Waals surface area contributed by atoms with Crippen LogP contribution >= 0.6 is 31.9 Å². The number of benzene rings is 4. The Bertz CT molecular complexity index is 2100. The van der Waals surface area contributed by atoms with Crippen molar-refractivity contribution in [2.75, 3.05) is 56.9 Å². The van der Waals surface area contributed by atoms with Gasteiger partial charge in [-0.25, -0.2) is 0 Å². The number of methoxy groups -OCH3 is 8. The molecule has 12 heteroatoms. The molecule has 55 heavy (non-hydrogen) atoms. The molecular formula is C43H42Br2O10. The molecule has 0 unspecified atom stereocenters. The zero-order chi connectivity index (χ0) is 39.6. The van der Waals surface area contributed by atoms with Gasteiger partial charge in [0.1, 0.15) is 46.0 Å². The number of carbonyl (C=O) groups excluding carboxylic acids is 2. The third-order valence-corrected chi connectivity index (χ3v) is 11.8. The highest BCUT2D eigenvalue weighted by Crippen LogP contribution is 2.42. The van der Waals surface area contributed by atoms with E-state index in [0.717, 1.165) is 33.4 Å². The standard InChI is InChI=1S/C43H42Br2O10/c1-48-32-16-24-10-26-18-38(54-7)28(20-36(26)52-5)12-30-40(44)43(47)31(41(45)42(30)46)13-29-21-37(53-6)27(19-39(29)55-8)11-25-17-33(49-2)23(15-35(25)51-4)9-22(32)14-34(24)50-3/h14-21H,9-13H2,1-8H3. The second-order valence-electron chi connectivity index (χ2n) is 13.0. The van der Waals surface area contributed by atoms with Crippen molar-refractivity contribution in [2.45, 2.75) is 32.1 Å². The van der Waals surface area contributed by atoms with Gasteiger partial charge >= 0.3 is 0 Å². The Morgan fingerprint density at radius 1 is 0.327 bits per heavy atom. The summed E-state index contributed by atoms with van der Waals surface area (Å²) in [6.07, 6.45) is 1.51. The van der Waals surface area contributed by atoms with Gasteiger partial charge in [0.25, 0.3) is 0 Å². The molecular weight excluding hydrogens is 836 g/mol. The van der Waals surface area contributed by atoms with Crippen LogP contribution < -0.4 is 37.9 Å². The highest BCUT2D eigenvalue weighted by molar-refractivity contribution is 9.12. The fraction of sp³-hybridized carbons (Fsp3) is 0.302. The first-order valence-electron chi connectivity index (χ1n) is 17.3. The Hall–Kier alpha value is -4.94. The SMILES string of the molecule is COc1cc2c(OC)cc1CC1=C(Br)C(=O)C(=C(Br)C1=O)Cc1cc(OC)c(cc1OC)Cc1cc(OC)c(cc1OC)Cc1cc(OC)c(cc1OC)C2. The molecule has 0 saturated carbocycles. The molecule has 0 fully saturated rings. The molecule has 0 atom stereocenters. The lowest BCUT2D eigenvalue weighted by Crippen LogP contribution is -2.22. The van der Waals surface area contributed by atoms with Crippen LogP contribution in [-0.2, 0) is 41.7 Å². The Balaban J connectivity index is 1.59. The van der Waals surface area contributed by atoms with E-state index in [1.54, 1.807) is 56.9 Å². The van der Waals surface area contributed by atoms with E-state index in [2.05, 4.69) is 31.9 Å². The number of hydrogen-bond acceptors (Lipinski definition) is 10. The van der Waals surface area contributed by atoms with E-state index in [9.17, 15) is 9.59 Å². The normalized spacial score (nSPS) is 14.3. The molecule has 4 aromatic carbocycles. The molecule has 0 saturated heterocycles. The predicted octanol–water partition coefficient (Wildman–Crippen LogP) is 8.08. The first kappa shape index (κ1) is 39.7. The number of carbonyl (C=O) groups is 2. The number of hydrogen-bond donors (Lipinski definition) is 0. The molecule has 0 spiro atoms. The van der Waals surface area contributed by atoms with Gasteiger partial charge in [-0.15, -0.1) is 0 Å². The Morgan fingerprint density at radius 2 is 0.491 bits per heavy atom. The Kier molecular flexibility index (Phi) is 12.2. The zero-order valence-electron chi connectivity index (χ0n) is 32.0. The minimum Gasteiger partial charge on any atom is -0.496 e. The number of allylic oxidation sites excluding steroid dienone is 4. The highest BCUT2D eigenvalue weighted by Gasteiger charge is 2.34. The molecule has 0 heterocycles. The van der Waals surface area contributed by atoms with Crippen molar-refractivity contribution < 1.29 is 47.5 Å². The quantitative estimate of drug-likeness (QED) is 0.161. The van der Waals surface area contributed by atoms with Crippen LogP contribution in [0.5, 0.6) is 46.0 Å². The number of rotatable bonds is 8. The predicted molar refractivity (Wildman–Crippen MR) is 216 cm³/mol. The van der Waals surface area contributed by atoms with Gasteiger partial charge in [0.15, 0.2) is 11.6 Å². The van der Waals surface area contributed by atoms with Gasteiger partial charge in [-0.2, -0.15) is 0 Å². The van der Waals surface area contributed by atoms with E-state index >= 15 is 0 Å². The summed E-state index contributed by atoms with van der Waals surface area (Å²) in [7, 11) is 12.9. The van der Waals surface area contributed by atoms with Crippen LogP contribution in [0.3, 0.4) is 0 Å². The summed E-state index contributed by atoms with van der Waals surface area (Å²) in [5, 5.41) is 0. The van der Waals surface area contributed by atoms with Gasteiger partial charge in [-0.3, -0.25) is 9.59 Å². The van der Waals surface area contributed by atoms with Gasteiger partial charge < -0.3 is 37.9 Å². The van der Waals surface area contributed by atoms with Gasteiger partial charge in [0.2, 0.25) is 0 Å². The van der Waals surface area contributed by atoms with Gasteiger partial charge in [-0.1, -0.05) is 0 Å². The van der Waals surface area contributed by atoms with Crippen molar-refractivity contribution in [1.82, 2.24) is 0 Å². The second kappa shape index (κ2) is 16.8. The first-order valence-corrected chi connectivity index (χ1v) is 18.9. The third-order valence-electron chi connectivity index (χ3n) is 10.1. The minimum absolute atomic E-state index is 0.109. The van der Waals surface area contributed by atoms with E-state index in [4.69, 9.17) is 37.9 Å². The molecule has 0 radical (unpaired) electrons. The van der Waals surface area contributed by atoms with Crippen molar-refractivity contribution in [1.29, 1.82) is 0 Å². The Labute approximate surface area is 337 Å². The van der Waals surface area contributed by atoms with Gasteiger partial charge in [0, 0.05) is 87.8 Å². The summed E-state index contributed by atoms with van der Waals surface area (Å²) in [5.41, 5.74) is 7.05. The summed E-state index contributed by atoms with van der Waals surface area (Å²) in [4.78, 5) is 28.1. The lowest BCUT2D eigenvalue weighted by molar-refractivity contribution is -0.115. The van der Waals surface area contributed by atoms with Crippen LogP contribution in [0.4, 0.5) is 0 Å². The maximum Gasteiger partial charge on any atom is 0.197 e. The minimum atomic E-state index is -0.318. The number of ether oxygens (including phenoxy) is 8. The molecule has 11 aliphatic rings. The summed E-state index contributed by atoms with van der Waals surface area (Å²) in [6, 6.07) is 15.3. The van der Waals surface area contributed by atoms with Crippen molar-refractivity contribution in [3.8, 4) is 46.0 Å². The van der Waals surface area contributed by atoms with E-state index < -0.39 is 0 Å². The Morgan fingerprint density at radius 3 is 0.655 bits per heavy atom. The highest BCUT2D eigenvalue weighted by atomic mass is 79.9. The molecule has 0 N–H and O–H groups in total. The van der Waals surface area contributed by atoms with Gasteiger partial charge in [-0.05, 0) is 80.4 Å². The molecule has 0 aliphatic heterocycles. The number of ketones is 2. The van der Waals surface area contributed by atoms with Crippen molar-refractivity contribution >= 4 is 43.4 Å². The van der Waals surface area contributed by atoms with Crippen LogP contribution in [0.15, 0.2) is 68.6 Å². The van der Waals surface area contributed by atoms with Gasteiger partial charge in [0.05, 0.1) is 65.8 Å². The molecule has 0 amide bonds. The number of Topliss-reactive ketones (excluding diaryl/α,β-unsaturated/α-hetero) is 2. The molecule has 4 aromatic rings. The van der Waals surface area contributed by atoms with Crippen LogP contribution in [-0.4, -0.2) is 68.4 Å². The summed E-state index contributed by atoms with van der Waals surface area (Å²) in [5.74, 6) is 4.24.